The highest BCUT2D eigenvalue weighted by Crippen LogP contribution is 2.22. The van der Waals surface area contributed by atoms with Gasteiger partial charge in [0.25, 0.3) is 5.91 Å². The van der Waals surface area contributed by atoms with Crippen molar-refractivity contribution < 1.29 is 14.7 Å². The van der Waals surface area contributed by atoms with E-state index in [-0.39, 0.29) is 17.1 Å². The number of phenols is 1. The van der Waals surface area contributed by atoms with Crippen molar-refractivity contribution >= 4 is 33.3 Å². The molecular weight excluding hydrogens is 466 g/mol. The van der Waals surface area contributed by atoms with Crippen LogP contribution in [0.4, 0.5) is 5.69 Å². The minimum atomic E-state index is -0.436. The number of anilines is 1. The molecule has 0 aliphatic heterocycles. The molecule has 2 rings (SSSR count). The van der Waals surface area contributed by atoms with Crippen molar-refractivity contribution in [3.8, 4) is 5.75 Å². The first-order valence-electron chi connectivity index (χ1n) is 11.9. The van der Waals surface area contributed by atoms with Gasteiger partial charge in [0.1, 0.15) is 5.75 Å². The summed E-state index contributed by atoms with van der Waals surface area (Å²) in [6, 6.07) is 11.7. The Kier molecular flexibility index (Phi) is 12.1. The van der Waals surface area contributed by atoms with E-state index in [4.69, 9.17) is 0 Å². The number of hydrogen-bond acceptors (Lipinski definition) is 3. The number of amides is 1. The summed E-state index contributed by atoms with van der Waals surface area (Å²) >= 11 is 3.36. The van der Waals surface area contributed by atoms with Gasteiger partial charge in [-0.1, -0.05) is 87.1 Å². The van der Waals surface area contributed by atoms with E-state index in [1.54, 1.807) is 18.2 Å². The van der Waals surface area contributed by atoms with Crippen LogP contribution in [0.2, 0.25) is 0 Å². The maximum atomic E-state index is 12.6. The number of hydrogen-bond donors (Lipinski definition) is 2. The van der Waals surface area contributed by atoms with E-state index in [9.17, 15) is 14.7 Å². The lowest BCUT2D eigenvalue weighted by atomic mass is 10.0. The minimum absolute atomic E-state index is 0.0126. The predicted molar refractivity (Wildman–Crippen MR) is 136 cm³/mol. The van der Waals surface area contributed by atoms with Crippen molar-refractivity contribution in [3.05, 3.63) is 58.1 Å². The quantitative estimate of drug-likeness (QED) is 0.190. The zero-order valence-corrected chi connectivity index (χ0v) is 20.8. The van der Waals surface area contributed by atoms with E-state index in [0.29, 0.717) is 17.7 Å². The SMILES string of the molecule is CCCCCCCCCCCCCC(=O)c1ccc(O)c(C(=O)Nc2ccc(Br)cc2)c1. The monoisotopic (exact) mass is 501 g/mol. The Morgan fingerprint density at radius 1 is 0.812 bits per heavy atom. The van der Waals surface area contributed by atoms with Gasteiger partial charge in [-0.3, -0.25) is 9.59 Å². The van der Waals surface area contributed by atoms with E-state index in [0.717, 1.165) is 17.3 Å². The first-order valence-corrected chi connectivity index (χ1v) is 12.7. The lowest BCUT2D eigenvalue weighted by Gasteiger charge is -2.09. The molecule has 2 N–H and O–H groups in total. The molecule has 1 amide bonds. The number of rotatable bonds is 15. The molecule has 4 nitrogen and oxygen atoms in total. The molecule has 0 aliphatic rings. The van der Waals surface area contributed by atoms with Crippen molar-refractivity contribution in [1.29, 1.82) is 0 Å². The number of halogens is 1. The van der Waals surface area contributed by atoms with Gasteiger partial charge in [0, 0.05) is 22.1 Å². The van der Waals surface area contributed by atoms with E-state index in [1.807, 2.05) is 12.1 Å². The molecule has 0 saturated heterocycles. The standard InChI is InChI=1S/C27H36BrNO3/c1-2-3-4-5-6-7-8-9-10-11-12-13-25(30)21-14-19-26(31)24(20-21)27(32)29-23-17-15-22(28)16-18-23/h14-20,31H,2-13H2,1H3,(H,29,32). The first kappa shape index (κ1) is 26.1. The summed E-state index contributed by atoms with van der Waals surface area (Å²) in [6.07, 6.45) is 14.1. The summed E-state index contributed by atoms with van der Waals surface area (Å²) in [5, 5.41) is 12.9. The summed E-state index contributed by atoms with van der Waals surface area (Å²) < 4.78 is 0.911. The molecule has 0 fully saturated rings. The van der Waals surface area contributed by atoms with Gasteiger partial charge >= 0.3 is 0 Å². The van der Waals surface area contributed by atoms with Gasteiger partial charge in [0.15, 0.2) is 5.78 Å². The third-order valence-corrected chi connectivity index (χ3v) is 6.20. The molecule has 2 aromatic carbocycles. The van der Waals surface area contributed by atoms with Crippen LogP contribution in [0.25, 0.3) is 0 Å². The lowest BCUT2D eigenvalue weighted by molar-refractivity contribution is 0.0979. The number of aromatic hydroxyl groups is 1. The molecule has 0 spiro atoms. The summed E-state index contributed by atoms with van der Waals surface area (Å²) in [5.41, 5.74) is 1.20. The van der Waals surface area contributed by atoms with E-state index < -0.39 is 5.91 Å². The Morgan fingerprint density at radius 2 is 1.38 bits per heavy atom. The number of carbonyl (C=O) groups excluding carboxylic acids is 2. The van der Waals surface area contributed by atoms with Crippen LogP contribution in [0.1, 0.15) is 105 Å². The Balaban J connectivity index is 1.72. The second kappa shape index (κ2) is 14.8. The number of ketones is 1. The Bertz CT molecular complexity index is 848. The molecule has 0 heterocycles. The van der Waals surface area contributed by atoms with Gasteiger partial charge in [-0.15, -0.1) is 0 Å². The van der Waals surface area contributed by atoms with Gasteiger partial charge < -0.3 is 10.4 Å². The average molecular weight is 502 g/mol. The molecule has 0 radical (unpaired) electrons. The van der Waals surface area contributed by atoms with Crippen molar-refractivity contribution in [2.45, 2.75) is 84.0 Å². The van der Waals surface area contributed by atoms with E-state index in [2.05, 4.69) is 28.2 Å². The fraction of sp³-hybridized carbons (Fsp3) is 0.481. The third kappa shape index (κ3) is 9.56. The van der Waals surface area contributed by atoms with Crippen molar-refractivity contribution in [2.24, 2.45) is 0 Å². The zero-order valence-electron chi connectivity index (χ0n) is 19.2. The fourth-order valence-corrected chi connectivity index (χ4v) is 3.98. The van der Waals surface area contributed by atoms with Crippen LogP contribution in [0.5, 0.6) is 5.75 Å². The van der Waals surface area contributed by atoms with Crippen LogP contribution in [-0.2, 0) is 0 Å². The highest BCUT2D eigenvalue weighted by molar-refractivity contribution is 9.10. The van der Waals surface area contributed by atoms with Gasteiger partial charge in [0.2, 0.25) is 0 Å². The number of unbranched alkanes of at least 4 members (excludes halogenated alkanes) is 10. The van der Waals surface area contributed by atoms with Crippen LogP contribution < -0.4 is 5.32 Å². The number of carbonyl (C=O) groups is 2. The number of nitrogens with one attached hydrogen (secondary N) is 1. The zero-order chi connectivity index (χ0) is 23.2. The summed E-state index contributed by atoms with van der Waals surface area (Å²) in [4.78, 5) is 25.1. The van der Waals surface area contributed by atoms with Crippen molar-refractivity contribution in [3.63, 3.8) is 0 Å². The Hall–Kier alpha value is -2.14. The first-order chi connectivity index (χ1) is 15.5. The third-order valence-electron chi connectivity index (χ3n) is 5.67. The smallest absolute Gasteiger partial charge is 0.259 e. The summed E-state index contributed by atoms with van der Waals surface area (Å²) in [5.74, 6) is -0.557. The van der Waals surface area contributed by atoms with Crippen LogP contribution >= 0.6 is 15.9 Å². The van der Waals surface area contributed by atoms with Gasteiger partial charge in [-0.05, 0) is 48.9 Å². The maximum absolute atomic E-state index is 12.6. The molecule has 32 heavy (non-hydrogen) atoms. The molecule has 0 aliphatic carbocycles. The van der Waals surface area contributed by atoms with Gasteiger partial charge in [0.05, 0.1) is 5.56 Å². The fourth-order valence-electron chi connectivity index (χ4n) is 3.72. The molecule has 0 saturated carbocycles. The van der Waals surface area contributed by atoms with Crippen LogP contribution in [-0.4, -0.2) is 16.8 Å². The van der Waals surface area contributed by atoms with Crippen LogP contribution in [0.3, 0.4) is 0 Å². The summed E-state index contributed by atoms with van der Waals surface area (Å²) in [7, 11) is 0. The molecule has 0 atom stereocenters. The largest absolute Gasteiger partial charge is 0.507 e. The normalized spacial score (nSPS) is 10.8. The second-order valence-electron chi connectivity index (χ2n) is 8.40. The molecular formula is C27H36BrNO3. The highest BCUT2D eigenvalue weighted by atomic mass is 79.9. The molecule has 174 valence electrons. The van der Waals surface area contributed by atoms with E-state index >= 15 is 0 Å². The average Bonchev–Trinajstić information content (AvgIpc) is 2.79. The molecule has 0 bridgehead atoms. The molecule has 0 aromatic heterocycles. The van der Waals surface area contributed by atoms with E-state index in [1.165, 1.54) is 69.9 Å². The maximum Gasteiger partial charge on any atom is 0.259 e. The van der Waals surface area contributed by atoms with Crippen molar-refractivity contribution in [1.82, 2.24) is 0 Å². The highest BCUT2D eigenvalue weighted by Gasteiger charge is 2.15. The van der Waals surface area contributed by atoms with Crippen molar-refractivity contribution in [2.75, 3.05) is 5.32 Å². The van der Waals surface area contributed by atoms with Crippen LogP contribution in [0, 0.1) is 0 Å². The number of phenolic OH excluding ortho intramolecular Hbond substituents is 1. The Morgan fingerprint density at radius 3 is 1.97 bits per heavy atom. The topological polar surface area (TPSA) is 66.4 Å². The predicted octanol–water partition coefficient (Wildman–Crippen LogP) is 8.29. The lowest BCUT2D eigenvalue weighted by Crippen LogP contribution is -2.13. The van der Waals surface area contributed by atoms with Gasteiger partial charge in [-0.2, -0.15) is 0 Å². The second-order valence-corrected chi connectivity index (χ2v) is 9.32. The Labute approximate surface area is 200 Å². The molecule has 2 aromatic rings. The minimum Gasteiger partial charge on any atom is -0.507 e. The molecule has 5 heteroatoms. The number of Topliss-reactive ketones (excluding diaryl/α,β-unsaturated/α-hetero) is 1. The number of benzene rings is 2. The molecule has 0 unspecified atom stereocenters. The van der Waals surface area contributed by atoms with Gasteiger partial charge in [-0.25, -0.2) is 0 Å². The summed E-state index contributed by atoms with van der Waals surface area (Å²) in [6.45, 7) is 2.24. The van der Waals surface area contributed by atoms with Crippen LogP contribution in [0.15, 0.2) is 46.9 Å².